The molecule has 3 aromatic rings. The van der Waals surface area contributed by atoms with Crippen molar-refractivity contribution in [2.24, 2.45) is 0 Å². The van der Waals surface area contributed by atoms with Crippen LogP contribution in [0.5, 0.6) is 0 Å². The van der Waals surface area contributed by atoms with Gasteiger partial charge in [0, 0.05) is 23.5 Å². The monoisotopic (exact) mass is 298 g/mol. The van der Waals surface area contributed by atoms with Gasteiger partial charge in [-0.15, -0.1) is 0 Å². The topological polar surface area (TPSA) is 116 Å². The average molecular weight is 298 g/mol. The lowest BCUT2D eigenvalue weighted by atomic mass is 10.1. The predicted molar refractivity (Wildman–Crippen MR) is 85.9 cm³/mol. The Kier molecular flexibility index (Phi) is 3.22. The summed E-state index contributed by atoms with van der Waals surface area (Å²) in [5.41, 5.74) is 13.2. The van der Waals surface area contributed by atoms with E-state index in [4.69, 9.17) is 11.5 Å². The van der Waals surface area contributed by atoms with Gasteiger partial charge in [-0.3, -0.25) is 0 Å². The minimum absolute atomic E-state index is 0.391. The van der Waals surface area contributed by atoms with Crippen molar-refractivity contribution in [1.29, 1.82) is 0 Å². The molecule has 0 aliphatic heterocycles. The maximum absolute atomic E-state index is 10.1. The first-order valence-electron chi connectivity index (χ1n) is 6.89. The van der Waals surface area contributed by atoms with E-state index in [0.29, 0.717) is 23.8 Å². The molecule has 0 radical (unpaired) electrons. The van der Waals surface area contributed by atoms with Crippen molar-refractivity contribution >= 4 is 22.7 Å². The molecule has 3 heterocycles. The van der Waals surface area contributed by atoms with Crippen LogP contribution < -0.4 is 11.5 Å². The number of aromatic nitrogens is 4. The van der Waals surface area contributed by atoms with E-state index in [-0.39, 0.29) is 0 Å². The van der Waals surface area contributed by atoms with Gasteiger partial charge in [0.25, 0.3) is 0 Å². The fourth-order valence-corrected chi connectivity index (χ4v) is 2.47. The van der Waals surface area contributed by atoms with E-state index in [1.165, 1.54) is 6.33 Å². The molecule has 0 atom stereocenters. The minimum atomic E-state index is -0.873. The maximum Gasteiger partial charge on any atom is 0.146 e. The highest BCUT2D eigenvalue weighted by Crippen LogP contribution is 2.33. The quantitative estimate of drug-likeness (QED) is 0.673. The third-order valence-electron chi connectivity index (χ3n) is 3.34. The van der Waals surface area contributed by atoms with Crippen molar-refractivity contribution in [3.8, 4) is 11.1 Å². The van der Waals surface area contributed by atoms with E-state index in [0.717, 1.165) is 16.5 Å². The fourth-order valence-electron chi connectivity index (χ4n) is 2.47. The van der Waals surface area contributed by atoms with E-state index in [1.807, 2.05) is 16.8 Å². The van der Waals surface area contributed by atoms with Gasteiger partial charge in [0.05, 0.1) is 17.5 Å². The summed E-state index contributed by atoms with van der Waals surface area (Å²) in [6.45, 7) is 3.88. The summed E-state index contributed by atoms with van der Waals surface area (Å²) in [5.74, 6) is 0.847. The Labute approximate surface area is 127 Å². The van der Waals surface area contributed by atoms with Gasteiger partial charge in [0.15, 0.2) is 0 Å². The first-order valence-corrected chi connectivity index (χ1v) is 6.89. The SMILES string of the molecule is CC(C)(O)Cn1cc(-c2ccc(N)nc2)c2c(N)ncnc21. The molecule has 3 rings (SSSR count). The Balaban J connectivity index is 2.24. The summed E-state index contributed by atoms with van der Waals surface area (Å²) in [7, 11) is 0. The van der Waals surface area contributed by atoms with Crippen LogP contribution in [-0.2, 0) is 6.54 Å². The summed E-state index contributed by atoms with van der Waals surface area (Å²) < 4.78 is 1.87. The predicted octanol–water partition coefficient (Wildman–Crippen LogP) is 1.43. The van der Waals surface area contributed by atoms with Gasteiger partial charge in [-0.2, -0.15) is 0 Å². The van der Waals surface area contributed by atoms with Crippen molar-refractivity contribution in [2.45, 2.75) is 26.0 Å². The number of nitrogens with zero attached hydrogens (tertiary/aromatic N) is 4. The summed E-state index contributed by atoms with van der Waals surface area (Å²) in [4.78, 5) is 12.5. The summed E-state index contributed by atoms with van der Waals surface area (Å²) in [5, 5.41) is 10.8. The number of rotatable bonds is 3. The second kappa shape index (κ2) is 4.96. The highest BCUT2D eigenvalue weighted by atomic mass is 16.3. The van der Waals surface area contributed by atoms with Gasteiger partial charge in [-0.25, -0.2) is 15.0 Å². The molecule has 114 valence electrons. The maximum atomic E-state index is 10.1. The lowest BCUT2D eigenvalue weighted by molar-refractivity contribution is 0.0627. The number of anilines is 2. The van der Waals surface area contributed by atoms with Crippen molar-refractivity contribution in [2.75, 3.05) is 11.5 Å². The molecule has 0 spiro atoms. The number of hydrogen-bond donors (Lipinski definition) is 3. The van der Waals surface area contributed by atoms with Gasteiger partial charge < -0.3 is 21.1 Å². The molecule has 0 saturated carbocycles. The van der Waals surface area contributed by atoms with Crippen LogP contribution >= 0.6 is 0 Å². The zero-order valence-corrected chi connectivity index (χ0v) is 12.5. The highest BCUT2D eigenvalue weighted by Gasteiger charge is 2.20. The molecular weight excluding hydrogens is 280 g/mol. The smallest absolute Gasteiger partial charge is 0.146 e. The number of nitrogens with two attached hydrogens (primary N) is 2. The lowest BCUT2D eigenvalue weighted by Gasteiger charge is -2.18. The summed E-state index contributed by atoms with van der Waals surface area (Å²) in [6.07, 6.45) is 5.01. The fraction of sp³-hybridized carbons (Fsp3) is 0.267. The molecule has 5 N–H and O–H groups in total. The molecule has 0 aliphatic carbocycles. The molecule has 0 fully saturated rings. The summed E-state index contributed by atoms with van der Waals surface area (Å²) >= 11 is 0. The molecule has 0 aliphatic rings. The third-order valence-corrected chi connectivity index (χ3v) is 3.34. The first-order chi connectivity index (χ1) is 10.3. The average Bonchev–Trinajstić information content (AvgIpc) is 2.78. The van der Waals surface area contributed by atoms with Crippen LogP contribution in [-0.4, -0.2) is 30.2 Å². The zero-order valence-electron chi connectivity index (χ0n) is 12.5. The van der Waals surface area contributed by atoms with Crippen LogP contribution in [0.15, 0.2) is 30.9 Å². The Morgan fingerprint density at radius 3 is 2.59 bits per heavy atom. The second-order valence-electron chi connectivity index (χ2n) is 5.91. The van der Waals surface area contributed by atoms with Crippen molar-refractivity contribution in [1.82, 2.24) is 19.5 Å². The van der Waals surface area contributed by atoms with Crippen LogP contribution in [0, 0.1) is 0 Å². The molecular formula is C15H18N6O. The van der Waals surface area contributed by atoms with Gasteiger partial charge in [-0.1, -0.05) is 0 Å². The number of aliphatic hydroxyl groups is 1. The van der Waals surface area contributed by atoms with Gasteiger partial charge >= 0.3 is 0 Å². The van der Waals surface area contributed by atoms with Crippen molar-refractivity contribution in [3.63, 3.8) is 0 Å². The largest absolute Gasteiger partial charge is 0.389 e. The lowest BCUT2D eigenvalue weighted by Crippen LogP contribution is -2.25. The van der Waals surface area contributed by atoms with Crippen LogP contribution in [0.1, 0.15) is 13.8 Å². The van der Waals surface area contributed by atoms with E-state index in [1.54, 1.807) is 26.1 Å². The third kappa shape index (κ3) is 2.58. The van der Waals surface area contributed by atoms with Crippen molar-refractivity contribution < 1.29 is 5.11 Å². The second-order valence-corrected chi connectivity index (χ2v) is 5.91. The molecule has 0 unspecified atom stereocenters. The highest BCUT2D eigenvalue weighted by molar-refractivity contribution is 6.00. The summed E-state index contributed by atoms with van der Waals surface area (Å²) in [6, 6.07) is 3.60. The molecule has 7 nitrogen and oxygen atoms in total. The Morgan fingerprint density at radius 1 is 1.18 bits per heavy atom. The normalized spacial score (nSPS) is 12.0. The number of nitrogen functional groups attached to an aromatic ring is 2. The van der Waals surface area contributed by atoms with Gasteiger partial charge in [0.2, 0.25) is 0 Å². The van der Waals surface area contributed by atoms with Crippen LogP contribution in [0.25, 0.3) is 22.2 Å². The van der Waals surface area contributed by atoms with E-state index in [9.17, 15) is 5.11 Å². The molecule has 0 amide bonds. The van der Waals surface area contributed by atoms with Crippen molar-refractivity contribution in [3.05, 3.63) is 30.9 Å². The minimum Gasteiger partial charge on any atom is -0.389 e. The molecule has 22 heavy (non-hydrogen) atoms. The number of pyridine rings is 1. The van der Waals surface area contributed by atoms with Crippen LogP contribution in [0.3, 0.4) is 0 Å². The molecule has 0 saturated heterocycles. The van der Waals surface area contributed by atoms with E-state index >= 15 is 0 Å². The van der Waals surface area contributed by atoms with Crippen LogP contribution in [0.2, 0.25) is 0 Å². The standard InChI is InChI=1S/C15H18N6O/c1-15(2,22)7-21-6-10(9-3-4-11(16)18-5-9)12-13(17)19-8-20-14(12)21/h3-6,8,22H,7H2,1-2H3,(H2,16,18)(H2,17,19,20). The number of hydrogen-bond acceptors (Lipinski definition) is 6. The Bertz CT molecular complexity index is 816. The van der Waals surface area contributed by atoms with Gasteiger partial charge in [0.1, 0.15) is 23.6 Å². The van der Waals surface area contributed by atoms with Crippen LogP contribution in [0.4, 0.5) is 11.6 Å². The Hall–Kier alpha value is -2.67. The Morgan fingerprint density at radius 2 is 1.95 bits per heavy atom. The first kappa shape index (κ1) is 14.3. The molecule has 7 heteroatoms. The molecule has 0 aromatic carbocycles. The number of fused-ring (bicyclic) bond motifs is 1. The van der Waals surface area contributed by atoms with Gasteiger partial charge in [-0.05, 0) is 26.0 Å². The van der Waals surface area contributed by atoms with E-state index in [2.05, 4.69) is 15.0 Å². The zero-order chi connectivity index (χ0) is 15.9. The van der Waals surface area contributed by atoms with E-state index < -0.39 is 5.60 Å². The molecule has 3 aromatic heterocycles. The molecule has 0 bridgehead atoms.